The molecule has 7 nitrogen and oxygen atoms in total. The smallest absolute Gasteiger partial charge is 0.333 e. The van der Waals surface area contributed by atoms with Crippen molar-refractivity contribution < 1.29 is 24.2 Å². The first-order valence-corrected chi connectivity index (χ1v) is 15.1. The van der Waals surface area contributed by atoms with Crippen LogP contribution >= 0.6 is 32.9 Å². The first kappa shape index (κ1) is 28.4. The molecule has 3 aromatic rings. The van der Waals surface area contributed by atoms with Gasteiger partial charge in [0.2, 0.25) is 5.91 Å². The number of esters is 1. The molecule has 1 fully saturated rings. The van der Waals surface area contributed by atoms with Crippen molar-refractivity contribution in [1.29, 1.82) is 0 Å². The van der Waals surface area contributed by atoms with Crippen molar-refractivity contribution in [1.82, 2.24) is 9.88 Å². The molecule has 1 aromatic heterocycles. The van der Waals surface area contributed by atoms with Gasteiger partial charge in [-0.05, 0) is 41.0 Å². The van der Waals surface area contributed by atoms with Crippen LogP contribution in [-0.4, -0.2) is 50.7 Å². The summed E-state index contributed by atoms with van der Waals surface area (Å²) in [6.45, 7) is 10.4. The molecular weight excluding hydrogens is 541 g/mol. The van der Waals surface area contributed by atoms with Gasteiger partial charge in [0.1, 0.15) is 5.37 Å². The Morgan fingerprint density at radius 3 is 2.45 bits per heavy atom. The lowest BCUT2D eigenvalue weighted by atomic mass is 9.85. The van der Waals surface area contributed by atoms with E-state index >= 15 is 0 Å². The van der Waals surface area contributed by atoms with Crippen LogP contribution in [-0.2, 0) is 19.1 Å². The minimum absolute atomic E-state index is 0.226. The minimum atomic E-state index is -1.08. The van der Waals surface area contributed by atoms with Crippen molar-refractivity contribution in [3.05, 3.63) is 72.3 Å². The van der Waals surface area contributed by atoms with Gasteiger partial charge in [0.05, 0.1) is 22.2 Å². The number of aliphatic hydroxyl groups is 1. The van der Waals surface area contributed by atoms with E-state index in [4.69, 9.17) is 4.74 Å². The Kier molecular flexibility index (Phi) is 8.66. The fraction of sp³-hybridized carbons (Fsp3) is 0.357. The van der Waals surface area contributed by atoms with E-state index in [0.29, 0.717) is 11.1 Å². The van der Waals surface area contributed by atoms with Crippen molar-refractivity contribution in [2.75, 3.05) is 6.61 Å². The Labute approximate surface area is 234 Å². The van der Waals surface area contributed by atoms with Gasteiger partial charge in [-0.25, -0.2) is 9.78 Å². The highest BCUT2D eigenvalue weighted by Crippen LogP contribution is 2.51. The van der Waals surface area contributed by atoms with Gasteiger partial charge in [-0.3, -0.25) is 9.59 Å². The normalized spacial score (nSPS) is 19.1. The highest BCUT2D eigenvalue weighted by atomic mass is 33.1. The number of hydrogen-bond acceptors (Lipinski definition) is 9. The average Bonchev–Trinajstić information content (AvgIpc) is 3.30. The SMILES string of the molecule is C=C(C)C(C(=O)OCC(=O)C(C)(C)C)N1C(=O)[C@H](C(O)c2ccccc2)[C@H]1SSc1nc2ccccc2s1. The number of ketones is 1. The molecule has 1 aliphatic rings. The quantitative estimate of drug-likeness (QED) is 0.144. The predicted octanol–water partition coefficient (Wildman–Crippen LogP) is 5.66. The number of nitrogens with zero attached hydrogens (tertiary/aromatic N) is 2. The maximum Gasteiger partial charge on any atom is 0.333 e. The van der Waals surface area contributed by atoms with E-state index in [1.807, 2.05) is 30.3 Å². The molecular formula is C28H30N2O5S3. The van der Waals surface area contributed by atoms with Crippen LogP contribution in [0.1, 0.15) is 39.4 Å². The molecule has 1 amide bonds. The van der Waals surface area contributed by atoms with Gasteiger partial charge in [0.15, 0.2) is 22.8 Å². The molecule has 200 valence electrons. The van der Waals surface area contributed by atoms with E-state index < -0.39 is 34.8 Å². The van der Waals surface area contributed by atoms with Crippen LogP contribution in [0.3, 0.4) is 0 Å². The molecule has 4 rings (SSSR count). The largest absolute Gasteiger partial charge is 0.456 e. The third-order valence-electron chi connectivity index (χ3n) is 6.24. The summed E-state index contributed by atoms with van der Waals surface area (Å²) in [6.07, 6.45) is -1.06. The third kappa shape index (κ3) is 5.98. The molecule has 2 aromatic carbocycles. The summed E-state index contributed by atoms with van der Waals surface area (Å²) < 4.78 is 7.20. The van der Waals surface area contributed by atoms with Crippen LogP contribution in [0.2, 0.25) is 0 Å². The number of carbonyl (C=O) groups is 3. The summed E-state index contributed by atoms with van der Waals surface area (Å²) >= 11 is 1.53. The Morgan fingerprint density at radius 1 is 1.16 bits per heavy atom. The monoisotopic (exact) mass is 570 g/mol. The van der Waals surface area contributed by atoms with E-state index in [2.05, 4.69) is 11.6 Å². The molecule has 38 heavy (non-hydrogen) atoms. The van der Waals surface area contributed by atoms with Gasteiger partial charge in [-0.1, -0.05) is 80.6 Å². The zero-order chi connectivity index (χ0) is 27.6. The topological polar surface area (TPSA) is 96.8 Å². The first-order chi connectivity index (χ1) is 18.0. The molecule has 0 radical (unpaired) electrons. The van der Waals surface area contributed by atoms with Gasteiger partial charge < -0.3 is 14.7 Å². The summed E-state index contributed by atoms with van der Waals surface area (Å²) in [7, 11) is 2.76. The number of hydrogen-bond donors (Lipinski definition) is 1. The number of rotatable bonds is 10. The molecule has 0 aliphatic carbocycles. The molecule has 2 unspecified atom stereocenters. The third-order valence-corrected chi connectivity index (χ3v) is 10.3. The van der Waals surface area contributed by atoms with Gasteiger partial charge >= 0.3 is 5.97 Å². The van der Waals surface area contributed by atoms with E-state index in [0.717, 1.165) is 14.6 Å². The fourth-order valence-corrected chi connectivity index (χ4v) is 8.07. The number of likely N-dealkylation sites (tertiary alicyclic amines) is 1. The second-order valence-electron chi connectivity index (χ2n) is 10.2. The second kappa shape index (κ2) is 11.6. The lowest BCUT2D eigenvalue weighted by Gasteiger charge is -2.50. The molecule has 10 heteroatoms. The number of aromatic nitrogens is 1. The number of fused-ring (bicyclic) bond motifs is 1. The highest BCUT2D eigenvalue weighted by molar-refractivity contribution is 8.77. The van der Waals surface area contributed by atoms with Gasteiger partial charge in [0, 0.05) is 5.41 Å². The zero-order valence-electron chi connectivity index (χ0n) is 21.6. The van der Waals surface area contributed by atoms with E-state index in [9.17, 15) is 19.5 Å². The first-order valence-electron chi connectivity index (χ1n) is 12.1. The average molecular weight is 571 g/mol. The van der Waals surface area contributed by atoms with Gasteiger partial charge in [0.25, 0.3) is 0 Å². The van der Waals surface area contributed by atoms with Crippen LogP contribution < -0.4 is 0 Å². The standard InChI is InChI=1S/C28H30N2O5S3/c1-16(2)22(26(34)35-15-20(31)28(3,4)5)30-24(33)21(23(32)17-11-7-6-8-12-17)25(30)37-38-27-29-18-13-9-10-14-19(18)36-27/h6-14,21-23,25,32H,1,15H2,2-5H3/t21-,22?,23?,25+/m0/s1. The Hall–Kier alpha value is -2.66. The van der Waals surface area contributed by atoms with Crippen LogP contribution in [0.25, 0.3) is 10.2 Å². The van der Waals surface area contributed by atoms with Crippen molar-refractivity contribution in [3.8, 4) is 0 Å². The van der Waals surface area contributed by atoms with E-state index in [-0.39, 0.29) is 18.3 Å². The lowest BCUT2D eigenvalue weighted by Crippen LogP contribution is -2.66. The number of ether oxygens (including phenoxy) is 1. The molecule has 0 saturated carbocycles. The number of β-lactam (4-membered cyclic amide) rings is 1. The van der Waals surface area contributed by atoms with Gasteiger partial charge in [-0.15, -0.1) is 11.3 Å². The number of thiazole rings is 1. The Balaban J connectivity index is 1.58. The fourth-order valence-electron chi connectivity index (χ4n) is 4.00. The zero-order valence-corrected chi connectivity index (χ0v) is 24.1. The maximum absolute atomic E-state index is 13.5. The van der Waals surface area contributed by atoms with E-state index in [1.165, 1.54) is 37.8 Å². The van der Waals surface area contributed by atoms with E-state index in [1.54, 1.807) is 52.0 Å². The maximum atomic E-state index is 13.5. The van der Waals surface area contributed by atoms with Crippen LogP contribution in [0, 0.1) is 11.3 Å². The van der Waals surface area contributed by atoms with Crippen LogP contribution in [0.15, 0.2) is 71.1 Å². The summed E-state index contributed by atoms with van der Waals surface area (Å²) in [4.78, 5) is 45.1. The summed E-state index contributed by atoms with van der Waals surface area (Å²) in [5.74, 6) is -2.10. The summed E-state index contributed by atoms with van der Waals surface area (Å²) in [6, 6.07) is 15.7. The number of para-hydroxylation sites is 1. The molecule has 1 saturated heterocycles. The molecule has 1 aliphatic heterocycles. The van der Waals surface area contributed by atoms with Crippen molar-refractivity contribution in [2.45, 2.75) is 49.6 Å². The van der Waals surface area contributed by atoms with Gasteiger partial charge in [-0.2, -0.15) is 0 Å². The Bertz CT molecular complexity index is 1320. The minimum Gasteiger partial charge on any atom is -0.456 e. The van der Waals surface area contributed by atoms with Crippen molar-refractivity contribution in [2.24, 2.45) is 11.3 Å². The summed E-state index contributed by atoms with van der Waals surface area (Å²) in [5.41, 5.74) is 1.25. The van der Waals surface area contributed by atoms with Crippen molar-refractivity contribution >= 4 is 60.8 Å². The molecule has 4 atom stereocenters. The highest BCUT2D eigenvalue weighted by Gasteiger charge is 2.56. The summed E-state index contributed by atoms with van der Waals surface area (Å²) in [5, 5.41) is 10.6. The van der Waals surface area contributed by atoms with Crippen molar-refractivity contribution in [3.63, 3.8) is 0 Å². The number of aliphatic hydroxyl groups excluding tert-OH is 1. The number of carbonyl (C=O) groups excluding carboxylic acids is 3. The molecule has 1 N–H and O–H groups in total. The Morgan fingerprint density at radius 2 is 1.82 bits per heavy atom. The molecule has 2 heterocycles. The van der Waals surface area contributed by atoms with Crippen LogP contribution in [0.4, 0.5) is 0 Å². The predicted molar refractivity (Wildman–Crippen MR) is 153 cm³/mol. The number of Topliss-reactive ketones (excluding diaryl/α,β-unsaturated/α-hetero) is 1. The number of benzene rings is 2. The lowest BCUT2D eigenvalue weighted by molar-refractivity contribution is -0.171. The number of amides is 1. The van der Waals surface area contributed by atoms with Crippen LogP contribution in [0.5, 0.6) is 0 Å². The molecule has 0 spiro atoms. The molecule has 0 bridgehead atoms. The second-order valence-corrected chi connectivity index (χ2v) is 13.8.